The average Bonchev–Trinajstić information content (AvgIpc) is 2.82. The van der Waals surface area contributed by atoms with Gasteiger partial charge in [0.05, 0.1) is 0 Å². The Hall–Kier alpha value is 0.270. The topological polar surface area (TPSA) is 29.3 Å². The van der Waals surface area contributed by atoms with Crippen molar-refractivity contribution in [1.29, 1.82) is 0 Å². The van der Waals surface area contributed by atoms with Gasteiger partial charge in [0.1, 0.15) is 0 Å². The standard InChI is InChI=1S/C12H24N2S/c1-14(11-4-2-3-5-11)12(10-13)6-8-15-9-7-12/h11H,2-10,13H2,1H3. The largest absolute Gasteiger partial charge is 0.329 e. The first kappa shape index (κ1) is 11.7. The normalized spacial score (nSPS) is 27.4. The van der Waals surface area contributed by atoms with Gasteiger partial charge < -0.3 is 5.73 Å². The molecule has 0 aromatic heterocycles. The van der Waals surface area contributed by atoms with Gasteiger partial charge in [-0.2, -0.15) is 11.8 Å². The smallest absolute Gasteiger partial charge is 0.0347 e. The summed E-state index contributed by atoms with van der Waals surface area (Å²) in [7, 11) is 2.32. The number of hydrogen-bond donors (Lipinski definition) is 1. The van der Waals surface area contributed by atoms with Gasteiger partial charge in [-0.25, -0.2) is 0 Å². The third-order valence-corrected chi connectivity index (χ3v) is 5.41. The van der Waals surface area contributed by atoms with Crippen LogP contribution in [0.5, 0.6) is 0 Å². The fourth-order valence-electron chi connectivity index (χ4n) is 3.13. The van der Waals surface area contributed by atoms with Crippen molar-refractivity contribution in [2.75, 3.05) is 25.1 Å². The van der Waals surface area contributed by atoms with Crippen molar-refractivity contribution in [2.45, 2.75) is 50.1 Å². The zero-order valence-electron chi connectivity index (χ0n) is 9.87. The van der Waals surface area contributed by atoms with Gasteiger partial charge in [-0.1, -0.05) is 12.8 Å². The predicted molar refractivity (Wildman–Crippen MR) is 68.4 cm³/mol. The lowest BCUT2D eigenvalue weighted by Gasteiger charge is -2.46. The van der Waals surface area contributed by atoms with E-state index in [1.165, 1.54) is 50.0 Å². The van der Waals surface area contributed by atoms with E-state index in [9.17, 15) is 0 Å². The van der Waals surface area contributed by atoms with Gasteiger partial charge >= 0.3 is 0 Å². The lowest BCUT2D eigenvalue weighted by molar-refractivity contribution is 0.0709. The van der Waals surface area contributed by atoms with Gasteiger partial charge in [-0.15, -0.1) is 0 Å². The molecule has 1 saturated heterocycles. The molecule has 88 valence electrons. The van der Waals surface area contributed by atoms with Crippen LogP contribution in [0.15, 0.2) is 0 Å². The maximum Gasteiger partial charge on any atom is 0.0347 e. The molecule has 0 aromatic carbocycles. The molecule has 1 saturated carbocycles. The van der Waals surface area contributed by atoms with Crippen LogP contribution >= 0.6 is 11.8 Å². The Balaban J connectivity index is 2.02. The first-order valence-corrected chi connectivity index (χ1v) is 7.45. The van der Waals surface area contributed by atoms with Gasteiger partial charge in [0.25, 0.3) is 0 Å². The summed E-state index contributed by atoms with van der Waals surface area (Å²) < 4.78 is 0. The maximum atomic E-state index is 6.06. The molecule has 2 N–H and O–H groups in total. The SMILES string of the molecule is CN(C1CCCC1)C1(CN)CCSCC1. The number of likely N-dealkylation sites (N-methyl/N-ethyl adjacent to an activating group) is 1. The van der Waals surface area contributed by atoms with E-state index in [-0.39, 0.29) is 0 Å². The molecule has 0 bridgehead atoms. The van der Waals surface area contributed by atoms with Gasteiger partial charge in [0.2, 0.25) is 0 Å². The Morgan fingerprint density at radius 1 is 1.27 bits per heavy atom. The Labute approximate surface area is 98.0 Å². The van der Waals surface area contributed by atoms with Crippen LogP contribution in [0.4, 0.5) is 0 Å². The highest BCUT2D eigenvalue weighted by molar-refractivity contribution is 7.99. The average molecular weight is 228 g/mol. The second kappa shape index (κ2) is 5.07. The molecule has 0 aromatic rings. The quantitative estimate of drug-likeness (QED) is 0.802. The molecule has 0 atom stereocenters. The third kappa shape index (κ3) is 2.34. The number of thioether (sulfide) groups is 1. The molecular weight excluding hydrogens is 204 g/mol. The Morgan fingerprint density at radius 3 is 2.40 bits per heavy atom. The number of hydrogen-bond acceptors (Lipinski definition) is 3. The molecule has 1 aliphatic carbocycles. The van der Waals surface area contributed by atoms with Crippen molar-refractivity contribution >= 4 is 11.8 Å². The summed E-state index contributed by atoms with van der Waals surface area (Å²) in [6, 6.07) is 0.816. The summed E-state index contributed by atoms with van der Waals surface area (Å²) in [4.78, 5) is 2.64. The van der Waals surface area contributed by atoms with Crippen LogP contribution in [0.25, 0.3) is 0 Å². The molecule has 0 unspecified atom stereocenters. The van der Waals surface area contributed by atoms with Gasteiger partial charge in [0.15, 0.2) is 0 Å². The highest BCUT2D eigenvalue weighted by Gasteiger charge is 2.38. The lowest BCUT2D eigenvalue weighted by atomic mass is 9.89. The van der Waals surface area contributed by atoms with E-state index in [1.807, 2.05) is 0 Å². The van der Waals surface area contributed by atoms with Crippen molar-refractivity contribution in [3.8, 4) is 0 Å². The number of rotatable bonds is 3. The molecule has 2 fully saturated rings. The highest BCUT2D eigenvalue weighted by Crippen LogP contribution is 2.35. The van der Waals surface area contributed by atoms with Crippen molar-refractivity contribution in [3.63, 3.8) is 0 Å². The molecule has 0 spiro atoms. The summed E-state index contributed by atoms with van der Waals surface area (Å²) in [5.74, 6) is 2.60. The summed E-state index contributed by atoms with van der Waals surface area (Å²) in [5, 5.41) is 0. The van der Waals surface area contributed by atoms with E-state index in [2.05, 4.69) is 23.7 Å². The zero-order chi connectivity index (χ0) is 10.7. The van der Waals surface area contributed by atoms with Gasteiger partial charge in [-0.05, 0) is 44.2 Å². The van der Waals surface area contributed by atoms with Crippen LogP contribution in [0.2, 0.25) is 0 Å². The van der Waals surface area contributed by atoms with Crippen LogP contribution in [-0.2, 0) is 0 Å². The first-order valence-electron chi connectivity index (χ1n) is 6.29. The Morgan fingerprint density at radius 2 is 1.87 bits per heavy atom. The van der Waals surface area contributed by atoms with E-state index in [0.29, 0.717) is 5.54 Å². The van der Waals surface area contributed by atoms with Crippen LogP contribution in [0.1, 0.15) is 38.5 Å². The zero-order valence-corrected chi connectivity index (χ0v) is 10.7. The number of nitrogens with two attached hydrogens (primary N) is 1. The highest BCUT2D eigenvalue weighted by atomic mass is 32.2. The summed E-state index contributed by atoms with van der Waals surface area (Å²) >= 11 is 2.09. The van der Waals surface area contributed by atoms with E-state index in [0.717, 1.165) is 12.6 Å². The van der Waals surface area contributed by atoms with Crippen molar-refractivity contribution in [1.82, 2.24) is 4.90 Å². The lowest BCUT2D eigenvalue weighted by Crippen LogP contribution is -2.57. The molecule has 1 aliphatic heterocycles. The monoisotopic (exact) mass is 228 g/mol. The summed E-state index contributed by atoms with van der Waals surface area (Å²) in [6.07, 6.45) is 8.22. The Kier molecular flexibility index (Phi) is 3.97. The van der Waals surface area contributed by atoms with Crippen LogP contribution in [0, 0.1) is 0 Å². The molecule has 15 heavy (non-hydrogen) atoms. The van der Waals surface area contributed by atoms with Crippen LogP contribution in [-0.4, -0.2) is 41.6 Å². The van der Waals surface area contributed by atoms with E-state index in [1.54, 1.807) is 0 Å². The molecular formula is C12H24N2S. The molecule has 2 rings (SSSR count). The molecule has 1 heterocycles. The predicted octanol–water partition coefficient (Wildman–Crippen LogP) is 2.09. The second-order valence-electron chi connectivity index (χ2n) is 5.09. The fraction of sp³-hybridized carbons (Fsp3) is 1.00. The van der Waals surface area contributed by atoms with Gasteiger partial charge in [-0.3, -0.25) is 4.90 Å². The third-order valence-electron chi connectivity index (χ3n) is 4.42. The van der Waals surface area contributed by atoms with Crippen molar-refractivity contribution < 1.29 is 0 Å². The molecule has 2 nitrogen and oxygen atoms in total. The van der Waals surface area contributed by atoms with E-state index < -0.39 is 0 Å². The van der Waals surface area contributed by atoms with Crippen molar-refractivity contribution in [2.24, 2.45) is 5.73 Å². The molecule has 0 amide bonds. The second-order valence-corrected chi connectivity index (χ2v) is 6.31. The minimum Gasteiger partial charge on any atom is -0.329 e. The fourth-order valence-corrected chi connectivity index (χ4v) is 4.38. The maximum absolute atomic E-state index is 6.06. The van der Waals surface area contributed by atoms with Crippen molar-refractivity contribution in [3.05, 3.63) is 0 Å². The van der Waals surface area contributed by atoms with E-state index in [4.69, 9.17) is 5.73 Å². The summed E-state index contributed by atoms with van der Waals surface area (Å²) in [6.45, 7) is 0.848. The Bertz CT molecular complexity index is 196. The minimum atomic E-state index is 0.334. The molecule has 0 radical (unpaired) electrons. The molecule has 3 heteroatoms. The minimum absolute atomic E-state index is 0.334. The summed E-state index contributed by atoms with van der Waals surface area (Å²) in [5.41, 5.74) is 6.39. The van der Waals surface area contributed by atoms with Crippen LogP contribution < -0.4 is 5.73 Å². The first-order chi connectivity index (χ1) is 7.28. The number of nitrogens with zero attached hydrogens (tertiary/aromatic N) is 1. The molecule has 2 aliphatic rings. The van der Waals surface area contributed by atoms with Crippen LogP contribution in [0.3, 0.4) is 0 Å². The van der Waals surface area contributed by atoms with E-state index >= 15 is 0 Å². The van der Waals surface area contributed by atoms with Gasteiger partial charge in [0, 0.05) is 18.1 Å².